The van der Waals surface area contributed by atoms with E-state index < -0.39 is 0 Å². The minimum absolute atomic E-state index is 0.650. The number of nitrogens with two attached hydrogens (primary N) is 1. The van der Waals surface area contributed by atoms with Crippen LogP contribution in [-0.4, -0.2) is 24.0 Å². The highest BCUT2D eigenvalue weighted by Gasteiger charge is 2.27. The largest absolute Gasteiger partial charge is 0.327 e. The molecule has 0 amide bonds. The van der Waals surface area contributed by atoms with Crippen LogP contribution in [0.2, 0.25) is 0 Å². The molecule has 1 saturated carbocycles. The fourth-order valence-electron chi connectivity index (χ4n) is 1.71. The van der Waals surface area contributed by atoms with Crippen molar-refractivity contribution in [3.8, 4) is 0 Å². The summed E-state index contributed by atoms with van der Waals surface area (Å²) in [4.78, 5) is 2.54. The third-order valence-electron chi connectivity index (χ3n) is 2.67. The third-order valence-corrected chi connectivity index (χ3v) is 3.40. The summed E-state index contributed by atoms with van der Waals surface area (Å²) in [6, 6.07) is 3.03. The van der Waals surface area contributed by atoms with Crippen molar-refractivity contribution in [2.45, 2.75) is 25.4 Å². The van der Waals surface area contributed by atoms with E-state index in [0.29, 0.717) is 6.54 Å². The van der Waals surface area contributed by atoms with Crippen LogP contribution in [0.25, 0.3) is 0 Å². The van der Waals surface area contributed by atoms with E-state index in [2.05, 4.69) is 27.8 Å². The first-order chi connectivity index (χ1) is 7.40. The van der Waals surface area contributed by atoms with E-state index in [1.807, 2.05) is 6.08 Å². The van der Waals surface area contributed by atoms with Gasteiger partial charge in [-0.3, -0.25) is 4.90 Å². The van der Waals surface area contributed by atoms with E-state index in [-0.39, 0.29) is 0 Å². The molecule has 1 fully saturated rings. The topological polar surface area (TPSA) is 29.3 Å². The second-order valence-corrected chi connectivity index (χ2v) is 4.78. The second-order valence-electron chi connectivity index (χ2n) is 4.00. The minimum atomic E-state index is 0.650. The van der Waals surface area contributed by atoms with Gasteiger partial charge in [0.2, 0.25) is 0 Å². The molecule has 3 heteroatoms. The molecule has 2 nitrogen and oxygen atoms in total. The van der Waals surface area contributed by atoms with Gasteiger partial charge in [-0.25, -0.2) is 0 Å². The van der Waals surface area contributed by atoms with E-state index >= 15 is 0 Å². The minimum Gasteiger partial charge on any atom is -0.327 e. The lowest BCUT2D eigenvalue weighted by Gasteiger charge is -2.19. The Morgan fingerprint density at radius 1 is 1.47 bits per heavy atom. The molecule has 1 heterocycles. The molecule has 0 saturated heterocycles. The van der Waals surface area contributed by atoms with Gasteiger partial charge >= 0.3 is 0 Å². The predicted octanol–water partition coefficient (Wildman–Crippen LogP) is 2.23. The first-order valence-electron chi connectivity index (χ1n) is 5.50. The maximum Gasteiger partial charge on any atom is 0.0248 e. The van der Waals surface area contributed by atoms with E-state index in [1.165, 1.54) is 18.4 Å². The van der Waals surface area contributed by atoms with Crippen LogP contribution in [-0.2, 0) is 6.54 Å². The molecule has 15 heavy (non-hydrogen) atoms. The molecule has 0 aliphatic heterocycles. The molecule has 0 aromatic carbocycles. The highest BCUT2D eigenvalue weighted by molar-refractivity contribution is 7.07. The standard InChI is InChI=1S/C12H18N2S/c13-6-1-2-7-14(12-3-4-12)9-11-5-8-15-10-11/h1-2,5,8,10,12H,3-4,6-7,9,13H2. The molecule has 1 aromatic rings. The number of hydrogen-bond donors (Lipinski definition) is 1. The molecule has 0 unspecified atom stereocenters. The quantitative estimate of drug-likeness (QED) is 0.748. The van der Waals surface area contributed by atoms with Crippen molar-refractivity contribution in [2.75, 3.05) is 13.1 Å². The lowest BCUT2D eigenvalue weighted by atomic mass is 10.3. The average Bonchev–Trinajstić information content (AvgIpc) is 2.97. The van der Waals surface area contributed by atoms with Crippen LogP contribution in [0.1, 0.15) is 18.4 Å². The molecule has 82 valence electrons. The van der Waals surface area contributed by atoms with Gasteiger partial charge in [0, 0.05) is 25.7 Å². The Morgan fingerprint density at radius 3 is 2.93 bits per heavy atom. The van der Waals surface area contributed by atoms with Gasteiger partial charge in [-0.1, -0.05) is 12.2 Å². The Labute approximate surface area is 95.4 Å². The van der Waals surface area contributed by atoms with Gasteiger partial charge in [-0.2, -0.15) is 11.3 Å². The van der Waals surface area contributed by atoms with Crippen LogP contribution in [0.15, 0.2) is 29.0 Å². The normalized spacial score (nSPS) is 16.7. The molecular weight excluding hydrogens is 204 g/mol. The van der Waals surface area contributed by atoms with Gasteiger partial charge < -0.3 is 5.73 Å². The van der Waals surface area contributed by atoms with Gasteiger partial charge in [0.25, 0.3) is 0 Å². The van der Waals surface area contributed by atoms with Gasteiger partial charge in [0.05, 0.1) is 0 Å². The van der Waals surface area contributed by atoms with E-state index in [9.17, 15) is 0 Å². The summed E-state index contributed by atoms with van der Waals surface area (Å²) < 4.78 is 0. The monoisotopic (exact) mass is 222 g/mol. The zero-order chi connectivity index (χ0) is 10.5. The maximum atomic E-state index is 5.44. The van der Waals surface area contributed by atoms with Crippen molar-refractivity contribution in [2.24, 2.45) is 5.73 Å². The zero-order valence-corrected chi connectivity index (χ0v) is 9.75. The Morgan fingerprint density at radius 2 is 2.33 bits per heavy atom. The molecule has 1 aromatic heterocycles. The molecule has 0 atom stereocenters. The van der Waals surface area contributed by atoms with Crippen LogP contribution in [0, 0.1) is 0 Å². The molecule has 0 bridgehead atoms. The van der Waals surface area contributed by atoms with E-state index in [0.717, 1.165) is 19.1 Å². The fraction of sp³-hybridized carbons (Fsp3) is 0.500. The Balaban J connectivity index is 1.86. The highest BCUT2D eigenvalue weighted by atomic mass is 32.1. The van der Waals surface area contributed by atoms with Crippen molar-refractivity contribution >= 4 is 11.3 Å². The molecule has 2 N–H and O–H groups in total. The van der Waals surface area contributed by atoms with Gasteiger partial charge in [0.1, 0.15) is 0 Å². The van der Waals surface area contributed by atoms with Crippen LogP contribution in [0.4, 0.5) is 0 Å². The molecular formula is C12H18N2S. The maximum absolute atomic E-state index is 5.44. The van der Waals surface area contributed by atoms with Gasteiger partial charge in [-0.15, -0.1) is 0 Å². The Hall–Kier alpha value is -0.640. The Bertz CT molecular complexity index is 301. The van der Waals surface area contributed by atoms with Crippen LogP contribution in [0.5, 0.6) is 0 Å². The lowest BCUT2D eigenvalue weighted by Crippen LogP contribution is -2.25. The van der Waals surface area contributed by atoms with Gasteiger partial charge in [0.15, 0.2) is 0 Å². The summed E-state index contributed by atoms with van der Waals surface area (Å²) in [5.74, 6) is 0. The summed E-state index contributed by atoms with van der Waals surface area (Å²) in [6.45, 7) is 2.78. The summed E-state index contributed by atoms with van der Waals surface area (Å²) >= 11 is 1.78. The number of thiophene rings is 1. The van der Waals surface area contributed by atoms with Crippen molar-refractivity contribution in [3.63, 3.8) is 0 Å². The summed E-state index contributed by atoms with van der Waals surface area (Å²) in [7, 11) is 0. The van der Waals surface area contributed by atoms with Gasteiger partial charge in [-0.05, 0) is 35.2 Å². The fourth-order valence-corrected chi connectivity index (χ4v) is 2.37. The number of hydrogen-bond acceptors (Lipinski definition) is 3. The summed E-state index contributed by atoms with van der Waals surface area (Å²) in [5, 5.41) is 4.39. The first kappa shape index (κ1) is 10.9. The SMILES string of the molecule is NCC=CCN(Cc1ccsc1)C1CC1. The second kappa shape index (κ2) is 5.45. The molecule has 0 spiro atoms. The molecule has 0 radical (unpaired) electrons. The zero-order valence-electron chi connectivity index (χ0n) is 8.93. The van der Waals surface area contributed by atoms with E-state index in [1.54, 1.807) is 11.3 Å². The highest BCUT2D eigenvalue weighted by Crippen LogP contribution is 2.28. The van der Waals surface area contributed by atoms with E-state index in [4.69, 9.17) is 5.73 Å². The Kier molecular flexibility index (Phi) is 3.94. The molecule has 1 aliphatic carbocycles. The number of rotatable bonds is 6. The summed E-state index contributed by atoms with van der Waals surface area (Å²) in [5.41, 5.74) is 6.88. The average molecular weight is 222 g/mol. The molecule has 2 rings (SSSR count). The number of nitrogens with zero attached hydrogens (tertiary/aromatic N) is 1. The smallest absolute Gasteiger partial charge is 0.0248 e. The van der Waals surface area contributed by atoms with Crippen molar-refractivity contribution in [1.29, 1.82) is 0 Å². The van der Waals surface area contributed by atoms with Crippen molar-refractivity contribution in [3.05, 3.63) is 34.5 Å². The predicted molar refractivity (Wildman–Crippen MR) is 65.9 cm³/mol. The van der Waals surface area contributed by atoms with Crippen LogP contribution in [0.3, 0.4) is 0 Å². The van der Waals surface area contributed by atoms with Crippen LogP contribution >= 0.6 is 11.3 Å². The summed E-state index contributed by atoms with van der Waals surface area (Å²) in [6.07, 6.45) is 6.95. The van der Waals surface area contributed by atoms with Crippen molar-refractivity contribution in [1.82, 2.24) is 4.90 Å². The van der Waals surface area contributed by atoms with Crippen molar-refractivity contribution < 1.29 is 0 Å². The van der Waals surface area contributed by atoms with Crippen LogP contribution < -0.4 is 5.73 Å². The first-order valence-corrected chi connectivity index (χ1v) is 6.44. The lowest BCUT2D eigenvalue weighted by molar-refractivity contribution is 0.284. The molecule has 1 aliphatic rings. The third kappa shape index (κ3) is 3.45.